The van der Waals surface area contributed by atoms with E-state index in [0.29, 0.717) is 11.0 Å². The summed E-state index contributed by atoms with van der Waals surface area (Å²) in [5.74, 6) is 0.712. The van der Waals surface area contributed by atoms with E-state index in [2.05, 4.69) is 20.3 Å². The molecule has 0 aliphatic carbocycles. The lowest BCUT2D eigenvalue weighted by Gasteiger charge is -2.08. The third-order valence-corrected chi connectivity index (χ3v) is 2.94. The molecule has 0 radical (unpaired) electrons. The van der Waals surface area contributed by atoms with E-state index in [4.69, 9.17) is 11.6 Å². The predicted octanol–water partition coefficient (Wildman–Crippen LogP) is 3.73. The number of aromatic nitrogens is 3. The van der Waals surface area contributed by atoms with E-state index in [9.17, 15) is 0 Å². The van der Waals surface area contributed by atoms with Gasteiger partial charge in [-0.2, -0.15) is 0 Å². The zero-order valence-electron chi connectivity index (χ0n) is 10.3. The van der Waals surface area contributed by atoms with Gasteiger partial charge in [0.1, 0.15) is 10.7 Å². The molecule has 0 aliphatic rings. The SMILES string of the molecule is Cc1ccc2ccnc(Nc3ccnc(Cl)c3)c2n1. The summed E-state index contributed by atoms with van der Waals surface area (Å²) in [5.41, 5.74) is 2.63. The molecule has 0 saturated carbocycles. The van der Waals surface area contributed by atoms with E-state index >= 15 is 0 Å². The molecule has 0 saturated heterocycles. The Morgan fingerprint density at radius 1 is 1.05 bits per heavy atom. The van der Waals surface area contributed by atoms with E-state index in [0.717, 1.165) is 22.3 Å². The second kappa shape index (κ2) is 4.82. The number of fused-ring (bicyclic) bond motifs is 1. The van der Waals surface area contributed by atoms with Crippen LogP contribution < -0.4 is 5.32 Å². The summed E-state index contributed by atoms with van der Waals surface area (Å²) in [6, 6.07) is 9.53. The van der Waals surface area contributed by atoms with Crippen molar-refractivity contribution in [3.05, 3.63) is 53.6 Å². The van der Waals surface area contributed by atoms with E-state index in [1.54, 1.807) is 18.5 Å². The van der Waals surface area contributed by atoms with Gasteiger partial charge in [-0.25, -0.2) is 15.0 Å². The van der Waals surface area contributed by atoms with Crippen LogP contribution in [0, 0.1) is 6.92 Å². The van der Waals surface area contributed by atoms with E-state index in [1.165, 1.54) is 0 Å². The van der Waals surface area contributed by atoms with Crippen molar-refractivity contribution in [2.45, 2.75) is 6.92 Å². The Morgan fingerprint density at radius 2 is 1.89 bits per heavy atom. The summed E-state index contributed by atoms with van der Waals surface area (Å²) >= 11 is 5.87. The maximum Gasteiger partial charge on any atom is 0.156 e. The fourth-order valence-electron chi connectivity index (χ4n) is 1.85. The molecule has 4 nitrogen and oxygen atoms in total. The molecule has 0 aromatic carbocycles. The summed E-state index contributed by atoms with van der Waals surface area (Å²) in [4.78, 5) is 12.8. The van der Waals surface area contributed by atoms with Crippen molar-refractivity contribution in [2.24, 2.45) is 0 Å². The molecule has 5 heteroatoms. The molecule has 0 fully saturated rings. The average molecular weight is 271 g/mol. The van der Waals surface area contributed by atoms with Gasteiger partial charge >= 0.3 is 0 Å². The van der Waals surface area contributed by atoms with Crippen molar-refractivity contribution in [3.63, 3.8) is 0 Å². The van der Waals surface area contributed by atoms with Gasteiger partial charge in [-0.05, 0) is 31.2 Å². The third-order valence-electron chi connectivity index (χ3n) is 2.74. The second-order valence-corrected chi connectivity index (χ2v) is 4.56. The fraction of sp³-hybridized carbons (Fsp3) is 0.0714. The molecule has 0 unspecified atom stereocenters. The van der Waals surface area contributed by atoms with Gasteiger partial charge in [-0.3, -0.25) is 0 Å². The topological polar surface area (TPSA) is 50.7 Å². The lowest BCUT2D eigenvalue weighted by Crippen LogP contribution is -1.97. The Hall–Kier alpha value is -2.20. The normalized spacial score (nSPS) is 10.6. The Balaban J connectivity index is 2.07. The number of nitrogens with zero attached hydrogens (tertiary/aromatic N) is 3. The number of hydrogen-bond donors (Lipinski definition) is 1. The van der Waals surface area contributed by atoms with Crippen LogP contribution in [0.2, 0.25) is 5.15 Å². The number of hydrogen-bond acceptors (Lipinski definition) is 4. The van der Waals surface area contributed by atoms with Gasteiger partial charge < -0.3 is 5.32 Å². The lowest BCUT2D eigenvalue weighted by molar-refractivity contribution is 1.22. The van der Waals surface area contributed by atoms with Gasteiger partial charge in [0, 0.05) is 29.2 Å². The van der Waals surface area contributed by atoms with Gasteiger partial charge in [-0.15, -0.1) is 0 Å². The fourth-order valence-corrected chi connectivity index (χ4v) is 2.03. The summed E-state index contributed by atoms with van der Waals surface area (Å²) < 4.78 is 0. The van der Waals surface area contributed by atoms with Crippen molar-refractivity contribution < 1.29 is 0 Å². The highest BCUT2D eigenvalue weighted by atomic mass is 35.5. The van der Waals surface area contributed by atoms with Crippen LogP contribution in [0.25, 0.3) is 10.9 Å². The molecular weight excluding hydrogens is 260 g/mol. The molecule has 1 N–H and O–H groups in total. The standard InChI is InChI=1S/C14H11ClN4/c1-9-2-3-10-4-6-17-14(13(10)18-9)19-11-5-7-16-12(15)8-11/h2-8H,1H3,(H,16,17,19). The minimum Gasteiger partial charge on any atom is -0.338 e. The van der Waals surface area contributed by atoms with E-state index in [-0.39, 0.29) is 0 Å². The summed E-state index contributed by atoms with van der Waals surface area (Å²) in [7, 11) is 0. The summed E-state index contributed by atoms with van der Waals surface area (Å²) in [6.07, 6.45) is 3.40. The van der Waals surface area contributed by atoms with Crippen LogP contribution >= 0.6 is 11.6 Å². The number of aryl methyl sites for hydroxylation is 1. The molecule has 0 atom stereocenters. The number of halogens is 1. The number of rotatable bonds is 2. The van der Waals surface area contributed by atoms with Gasteiger partial charge in [0.2, 0.25) is 0 Å². The first-order chi connectivity index (χ1) is 9.22. The molecule has 3 aromatic heterocycles. The monoisotopic (exact) mass is 270 g/mol. The zero-order valence-corrected chi connectivity index (χ0v) is 11.0. The maximum atomic E-state index is 5.87. The molecule has 3 rings (SSSR count). The van der Waals surface area contributed by atoms with Crippen molar-refractivity contribution in [2.75, 3.05) is 5.32 Å². The highest BCUT2D eigenvalue weighted by Crippen LogP contribution is 2.23. The van der Waals surface area contributed by atoms with Gasteiger partial charge in [0.15, 0.2) is 5.82 Å². The molecule has 19 heavy (non-hydrogen) atoms. The van der Waals surface area contributed by atoms with Crippen LogP contribution in [-0.4, -0.2) is 15.0 Å². The Labute approximate surface area is 115 Å². The predicted molar refractivity (Wildman–Crippen MR) is 76.8 cm³/mol. The number of anilines is 2. The lowest BCUT2D eigenvalue weighted by atomic mass is 10.2. The van der Waals surface area contributed by atoms with Crippen LogP contribution in [0.15, 0.2) is 42.7 Å². The largest absolute Gasteiger partial charge is 0.338 e. The molecule has 0 spiro atoms. The first-order valence-electron chi connectivity index (χ1n) is 5.83. The molecule has 0 aliphatic heterocycles. The van der Waals surface area contributed by atoms with Crippen LogP contribution in [-0.2, 0) is 0 Å². The van der Waals surface area contributed by atoms with Gasteiger partial charge in [0.25, 0.3) is 0 Å². The van der Waals surface area contributed by atoms with E-state index in [1.807, 2.05) is 31.2 Å². The molecular formula is C14H11ClN4. The second-order valence-electron chi connectivity index (χ2n) is 4.18. The molecule has 3 aromatic rings. The van der Waals surface area contributed by atoms with Crippen LogP contribution in [0.3, 0.4) is 0 Å². The molecule has 94 valence electrons. The number of nitrogens with one attached hydrogen (secondary N) is 1. The smallest absolute Gasteiger partial charge is 0.156 e. The minimum absolute atomic E-state index is 0.439. The van der Waals surface area contributed by atoms with Crippen molar-refractivity contribution in [1.29, 1.82) is 0 Å². The number of pyridine rings is 3. The van der Waals surface area contributed by atoms with Crippen molar-refractivity contribution in [1.82, 2.24) is 15.0 Å². The maximum absolute atomic E-state index is 5.87. The average Bonchev–Trinajstić information content (AvgIpc) is 2.39. The minimum atomic E-state index is 0.439. The Morgan fingerprint density at radius 3 is 2.74 bits per heavy atom. The summed E-state index contributed by atoms with van der Waals surface area (Å²) in [6.45, 7) is 1.96. The van der Waals surface area contributed by atoms with E-state index < -0.39 is 0 Å². The molecule has 0 amide bonds. The van der Waals surface area contributed by atoms with Gasteiger partial charge in [0.05, 0.1) is 0 Å². The zero-order chi connectivity index (χ0) is 13.2. The molecule has 3 heterocycles. The first kappa shape index (κ1) is 11.9. The van der Waals surface area contributed by atoms with Crippen LogP contribution in [0.1, 0.15) is 5.69 Å². The van der Waals surface area contributed by atoms with Crippen LogP contribution in [0.4, 0.5) is 11.5 Å². The Bertz CT molecular complexity index is 742. The first-order valence-corrected chi connectivity index (χ1v) is 6.21. The highest BCUT2D eigenvalue weighted by molar-refractivity contribution is 6.29. The summed E-state index contributed by atoms with van der Waals surface area (Å²) in [5, 5.41) is 4.70. The molecule has 0 bridgehead atoms. The third kappa shape index (κ3) is 2.48. The Kier molecular flexibility index (Phi) is 3.01. The highest BCUT2D eigenvalue weighted by Gasteiger charge is 2.05. The van der Waals surface area contributed by atoms with Gasteiger partial charge in [-0.1, -0.05) is 17.7 Å². The van der Waals surface area contributed by atoms with Crippen molar-refractivity contribution >= 4 is 34.0 Å². The van der Waals surface area contributed by atoms with Crippen molar-refractivity contribution in [3.8, 4) is 0 Å². The van der Waals surface area contributed by atoms with Crippen LogP contribution in [0.5, 0.6) is 0 Å². The quantitative estimate of drug-likeness (QED) is 0.721.